The number of rotatable bonds is 1. The maximum absolute atomic E-state index is 4.43. The molecule has 0 amide bonds. The smallest absolute Gasteiger partial charge is 0.133 e. The van der Waals surface area contributed by atoms with Crippen LogP contribution in [-0.2, 0) is 6.42 Å². The zero-order valence-corrected chi connectivity index (χ0v) is 9.22. The van der Waals surface area contributed by atoms with E-state index in [4.69, 9.17) is 0 Å². The van der Waals surface area contributed by atoms with Crippen molar-refractivity contribution in [1.29, 1.82) is 0 Å². The first-order valence-corrected chi connectivity index (χ1v) is 5.48. The van der Waals surface area contributed by atoms with Crippen LogP contribution in [0.15, 0.2) is 36.8 Å². The molecule has 2 aromatic rings. The molecule has 0 radical (unpaired) electrons. The second kappa shape index (κ2) is 3.59. The van der Waals surface area contributed by atoms with E-state index >= 15 is 0 Å². The standard InChI is InChI=1S/C13H13N3/c1-10-2-6-15-13(8-10)16-7-4-11-9-14-5-3-12(11)16/h2-3,5-6,8-9H,4,7H2,1H3. The summed E-state index contributed by atoms with van der Waals surface area (Å²) in [5.74, 6) is 1.03. The molecule has 0 aliphatic carbocycles. The highest BCUT2D eigenvalue weighted by Gasteiger charge is 2.20. The maximum Gasteiger partial charge on any atom is 0.133 e. The minimum absolute atomic E-state index is 0.997. The molecule has 0 saturated heterocycles. The van der Waals surface area contributed by atoms with Gasteiger partial charge in [0, 0.05) is 30.8 Å². The van der Waals surface area contributed by atoms with Crippen LogP contribution < -0.4 is 4.90 Å². The average molecular weight is 211 g/mol. The first-order chi connectivity index (χ1) is 7.84. The monoisotopic (exact) mass is 211 g/mol. The predicted octanol–water partition coefficient (Wildman–Crippen LogP) is 2.48. The zero-order chi connectivity index (χ0) is 11.0. The average Bonchev–Trinajstić information content (AvgIpc) is 2.72. The Morgan fingerprint density at radius 1 is 1.25 bits per heavy atom. The van der Waals surface area contributed by atoms with Crippen LogP contribution in [0.1, 0.15) is 11.1 Å². The summed E-state index contributed by atoms with van der Waals surface area (Å²) < 4.78 is 0. The van der Waals surface area contributed by atoms with Crippen LogP contribution in [0, 0.1) is 6.92 Å². The van der Waals surface area contributed by atoms with Crippen LogP contribution in [0.2, 0.25) is 0 Å². The largest absolute Gasteiger partial charge is 0.326 e. The van der Waals surface area contributed by atoms with E-state index in [1.54, 1.807) is 0 Å². The van der Waals surface area contributed by atoms with Gasteiger partial charge in [0.1, 0.15) is 5.82 Å². The van der Waals surface area contributed by atoms with Crippen LogP contribution >= 0.6 is 0 Å². The van der Waals surface area contributed by atoms with E-state index in [-0.39, 0.29) is 0 Å². The van der Waals surface area contributed by atoms with E-state index in [9.17, 15) is 0 Å². The summed E-state index contributed by atoms with van der Waals surface area (Å²) in [6.45, 7) is 3.09. The van der Waals surface area contributed by atoms with Crippen molar-refractivity contribution >= 4 is 11.5 Å². The number of hydrogen-bond donors (Lipinski definition) is 0. The molecule has 3 rings (SSSR count). The Morgan fingerprint density at radius 3 is 3.06 bits per heavy atom. The normalized spacial score (nSPS) is 13.9. The van der Waals surface area contributed by atoms with Crippen molar-refractivity contribution in [2.24, 2.45) is 0 Å². The molecule has 3 heterocycles. The van der Waals surface area contributed by atoms with Crippen molar-refractivity contribution in [2.45, 2.75) is 13.3 Å². The quantitative estimate of drug-likeness (QED) is 0.725. The van der Waals surface area contributed by atoms with Gasteiger partial charge in [-0.15, -0.1) is 0 Å². The lowest BCUT2D eigenvalue weighted by Crippen LogP contribution is -2.14. The summed E-state index contributed by atoms with van der Waals surface area (Å²) in [5.41, 5.74) is 3.80. The highest BCUT2D eigenvalue weighted by Crippen LogP contribution is 2.32. The van der Waals surface area contributed by atoms with Crippen molar-refractivity contribution < 1.29 is 0 Å². The summed E-state index contributed by atoms with van der Waals surface area (Å²) in [4.78, 5) is 10.8. The van der Waals surface area contributed by atoms with Crippen molar-refractivity contribution in [1.82, 2.24) is 9.97 Å². The Balaban J connectivity index is 2.05. The number of nitrogens with zero attached hydrogens (tertiary/aromatic N) is 3. The fraction of sp³-hybridized carbons (Fsp3) is 0.231. The molecule has 16 heavy (non-hydrogen) atoms. The Hall–Kier alpha value is -1.90. The lowest BCUT2D eigenvalue weighted by Gasteiger charge is -2.18. The number of pyridine rings is 2. The van der Waals surface area contributed by atoms with Gasteiger partial charge in [0.05, 0.1) is 0 Å². The Kier molecular flexibility index (Phi) is 2.10. The Bertz CT molecular complexity index is 522. The molecular weight excluding hydrogens is 198 g/mol. The molecule has 0 saturated carbocycles. The van der Waals surface area contributed by atoms with Gasteiger partial charge < -0.3 is 4.90 Å². The van der Waals surface area contributed by atoms with E-state index in [2.05, 4.69) is 33.9 Å². The van der Waals surface area contributed by atoms with Gasteiger partial charge in [-0.05, 0) is 42.7 Å². The lowest BCUT2D eigenvalue weighted by molar-refractivity contribution is 0.971. The van der Waals surface area contributed by atoms with Crippen molar-refractivity contribution in [3.63, 3.8) is 0 Å². The van der Waals surface area contributed by atoms with Gasteiger partial charge in [-0.2, -0.15) is 0 Å². The van der Waals surface area contributed by atoms with Crippen LogP contribution in [0.25, 0.3) is 0 Å². The molecule has 0 fully saturated rings. The van der Waals surface area contributed by atoms with Gasteiger partial charge in [0.2, 0.25) is 0 Å². The van der Waals surface area contributed by atoms with E-state index in [1.165, 1.54) is 16.8 Å². The van der Waals surface area contributed by atoms with Gasteiger partial charge in [0.15, 0.2) is 0 Å². The topological polar surface area (TPSA) is 29.0 Å². The number of fused-ring (bicyclic) bond motifs is 1. The molecule has 0 unspecified atom stereocenters. The SMILES string of the molecule is Cc1ccnc(N2CCc3cnccc32)c1. The molecule has 0 spiro atoms. The van der Waals surface area contributed by atoms with Gasteiger partial charge in [0.25, 0.3) is 0 Å². The summed E-state index contributed by atoms with van der Waals surface area (Å²) in [6, 6.07) is 6.20. The maximum atomic E-state index is 4.43. The van der Waals surface area contributed by atoms with Gasteiger partial charge in [-0.25, -0.2) is 4.98 Å². The number of aryl methyl sites for hydroxylation is 1. The van der Waals surface area contributed by atoms with Crippen LogP contribution in [0.4, 0.5) is 11.5 Å². The third-order valence-corrected chi connectivity index (χ3v) is 2.95. The zero-order valence-electron chi connectivity index (χ0n) is 9.22. The second-order valence-electron chi connectivity index (χ2n) is 4.10. The molecule has 0 atom stereocenters. The van der Waals surface area contributed by atoms with Gasteiger partial charge in [-0.3, -0.25) is 4.98 Å². The van der Waals surface area contributed by atoms with E-state index in [0.717, 1.165) is 18.8 Å². The summed E-state index contributed by atoms with van der Waals surface area (Å²) in [6.07, 6.45) is 6.71. The number of anilines is 2. The van der Waals surface area contributed by atoms with Gasteiger partial charge in [-0.1, -0.05) is 0 Å². The molecule has 0 aromatic carbocycles. The van der Waals surface area contributed by atoms with Crippen LogP contribution in [-0.4, -0.2) is 16.5 Å². The minimum Gasteiger partial charge on any atom is -0.326 e. The molecule has 80 valence electrons. The van der Waals surface area contributed by atoms with Crippen LogP contribution in [0.5, 0.6) is 0 Å². The fourth-order valence-electron chi connectivity index (χ4n) is 2.13. The van der Waals surface area contributed by atoms with E-state index in [0.29, 0.717) is 0 Å². The third kappa shape index (κ3) is 1.45. The Labute approximate surface area is 94.8 Å². The molecule has 1 aliphatic rings. The molecule has 3 heteroatoms. The molecule has 2 aromatic heterocycles. The lowest BCUT2D eigenvalue weighted by atomic mass is 10.2. The number of aromatic nitrogens is 2. The molecule has 0 bridgehead atoms. The number of hydrogen-bond acceptors (Lipinski definition) is 3. The molecule has 1 aliphatic heterocycles. The molecule has 0 N–H and O–H groups in total. The van der Waals surface area contributed by atoms with E-state index < -0.39 is 0 Å². The minimum atomic E-state index is 0.997. The summed E-state index contributed by atoms with van der Waals surface area (Å²) in [5, 5.41) is 0. The van der Waals surface area contributed by atoms with Gasteiger partial charge >= 0.3 is 0 Å². The van der Waals surface area contributed by atoms with E-state index in [1.807, 2.05) is 24.7 Å². The highest BCUT2D eigenvalue weighted by atomic mass is 15.2. The van der Waals surface area contributed by atoms with Crippen LogP contribution in [0.3, 0.4) is 0 Å². The van der Waals surface area contributed by atoms with Crippen molar-refractivity contribution in [2.75, 3.05) is 11.4 Å². The first-order valence-electron chi connectivity index (χ1n) is 5.48. The second-order valence-corrected chi connectivity index (χ2v) is 4.10. The Morgan fingerprint density at radius 2 is 2.19 bits per heavy atom. The third-order valence-electron chi connectivity index (χ3n) is 2.95. The highest BCUT2D eigenvalue weighted by molar-refractivity contribution is 5.66. The first kappa shape index (κ1) is 9.33. The molecular formula is C13H13N3. The fourth-order valence-corrected chi connectivity index (χ4v) is 2.13. The predicted molar refractivity (Wildman–Crippen MR) is 63.9 cm³/mol. The summed E-state index contributed by atoms with van der Waals surface area (Å²) >= 11 is 0. The molecule has 3 nitrogen and oxygen atoms in total. The van der Waals surface area contributed by atoms with Crippen molar-refractivity contribution in [3.05, 3.63) is 47.9 Å². The summed E-state index contributed by atoms with van der Waals surface area (Å²) in [7, 11) is 0. The van der Waals surface area contributed by atoms with Crippen molar-refractivity contribution in [3.8, 4) is 0 Å².